The normalized spacial score (nSPS) is 13.5. The third-order valence-corrected chi connectivity index (χ3v) is 4.16. The van der Waals surface area contributed by atoms with Crippen molar-refractivity contribution in [1.29, 1.82) is 0 Å². The molecule has 126 valence electrons. The van der Waals surface area contributed by atoms with Crippen LogP contribution in [0.3, 0.4) is 0 Å². The molecule has 0 unspecified atom stereocenters. The second kappa shape index (κ2) is 6.52. The zero-order chi connectivity index (χ0) is 17.3. The number of carbonyl (C=O) groups is 1. The van der Waals surface area contributed by atoms with Crippen LogP contribution in [0, 0.1) is 19.7 Å². The minimum absolute atomic E-state index is 0.146. The number of nitrogens with one attached hydrogen (secondary N) is 3. The molecule has 1 aromatic heterocycles. The third kappa shape index (κ3) is 3.21. The van der Waals surface area contributed by atoms with E-state index in [4.69, 9.17) is 0 Å². The molecule has 2 aromatic rings. The fourth-order valence-corrected chi connectivity index (χ4v) is 2.94. The minimum atomic E-state index is -0.443. The summed E-state index contributed by atoms with van der Waals surface area (Å²) in [6.07, 6.45) is 0.443. The summed E-state index contributed by atoms with van der Waals surface area (Å²) in [6, 6.07) is 3.37. The van der Waals surface area contributed by atoms with Crippen molar-refractivity contribution in [2.24, 2.45) is 0 Å². The highest BCUT2D eigenvalue weighted by atomic mass is 19.1. The Labute approximate surface area is 138 Å². The first-order chi connectivity index (χ1) is 11.5. The number of carbonyl (C=O) groups excluding carboxylic acids is 1. The van der Waals surface area contributed by atoms with Crippen LogP contribution in [0.5, 0.6) is 0 Å². The summed E-state index contributed by atoms with van der Waals surface area (Å²) in [5, 5.41) is 5.74. The Balaban J connectivity index is 1.80. The van der Waals surface area contributed by atoms with E-state index in [1.54, 1.807) is 19.9 Å². The van der Waals surface area contributed by atoms with E-state index in [1.165, 1.54) is 0 Å². The molecule has 0 bridgehead atoms. The standard InChI is InChI=1S/C17H19FN4O2/c1-9-13(17(24)21-10(2)20-9)7-15(23)22-14-4-3-11-8-19-6-5-12(11)16(14)18/h3-4,19H,5-8H2,1-2H3,(H,22,23)(H,20,21,24). The highest BCUT2D eigenvalue weighted by molar-refractivity contribution is 5.92. The second-order valence-corrected chi connectivity index (χ2v) is 5.93. The van der Waals surface area contributed by atoms with Gasteiger partial charge in [-0.2, -0.15) is 0 Å². The predicted octanol–water partition coefficient (Wildman–Crippen LogP) is 1.35. The van der Waals surface area contributed by atoms with Crippen LogP contribution in [0.15, 0.2) is 16.9 Å². The molecule has 3 N–H and O–H groups in total. The van der Waals surface area contributed by atoms with Crippen LogP contribution in [0.4, 0.5) is 10.1 Å². The second-order valence-electron chi connectivity index (χ2n) is 5.93. The summed E-state index contributed by atoms with van der Waals surface area (Å²) in [6.45, 7) is 4.70. The van der Waals surface area contributed by atoms with Crippen LogP contribution in [0.2, 0.25) is 0 Å². The van der Waals surface area contributed by atoms with Gasteiger partial charge in [0.05, 0.1) is 12.1 Å². The predicted molar refractivity (Wildman–Crippen MR) is 88.5 cm³/mol. The number of nitrogens with zero attached hydrogens (tertiary/aromatic N) is 1. The molecular weight excluding hydrogens is 311 g/mol. The number of fused-ring (bicyclic) bond motifs is 1. The largest absolute Gasteiger partial charge is 0.323 e. The summed E-state index contributed by atoms with van der Waals surface area (Å²) in [7, 11) is 0. The molecule has 2 heterocycles. The van der Waals surface area contributed by atoms with Crippen LogP contribution in [-0.2, 0) is 24.2 Å². The third-order valence-electron chi connectivity index (χ3n) is 4.16. The van der Waals surface area contributed by atoms with Gasteiger partial charge in [0.2, 0.25) is 5.91 Å². The monoisotopic (exact) mass is 330 g/mol. The molecule has 1 amide bonds. The maximum absolute atomic E-state index is 14.5. The van der Waals surface area contributed by atoms with E-state index in [1.807, 2.05) is 6.07 Å². The Hall–Kier alpha value is -2.54. The molecule has 1 aromatic carbocycles. The topological polar surface area (TPSA) is 86.9 Å². The van der Waals surface area contributed by atoms with Crippen molar-refractivity contribution in [2.75, 3.05) is 11.9 Å². The molecule has 0 saturated heterocycles. The Bertz CT molecular complexity index is 860. The molecule has 0 saturated carbocycles. The number of rotatable bonds is 3. The molecule has 0 aliphatic carbocycles. The van der Waals surface area contributed by atoms with E-state index in [0.717, 1.165) is 5.56 Å². The van der Waals surface area contributed by atoms with Crippen LogP contribution in [-0.4, -0.2) is 22.4 Å². The first-order valence-electron chi connectivity index (χ1n) is 7.83. The number of hydrogen-bond donors (Lipinski definition) is 3. The van der Waals surface area contributed by atoms with Gasteiger partial charge >= 0.3 is 0 Å². The van der Waals surface area contributed by atoms with Crippen LogP contribution >= 0.6 is 0 Å². The molecular formula is C17H19FN4O2. The van der Waals surface area contributed by atoms with Gasteiger partial charge in [0.1, 0.15) is 11.6 Å². The van der Waals surface area contributed by atoms with Gasteiger partial charge in [-0.05, 0) is 44.0 Å². The number of amides is 1. The number of aromatic amines is 1. The molecule has 7 heteroatoms. The summed E-state index contributed by atoms with van der Waals surface area (Å²) < 4.78 is 14.5. The van der Waals surface area contributed by atoms with Crippen molar-refractivity contribution in [3.63, 3.8) is 0 Å². The highest BCUT2D eigenvalue weighted by Gasteiger charge is 2.18. The van der Waals surface area contributed by atoms with Gasteiger partial charge in [0.15, 0.2) is 0 Å². The molecule has 0 spiro atoms. The van der Waals surface area contributed by atoms with Crippen LogP contribution < -0.4 is 16.2 Å². The number of benzene rings is 1. The van der Waals surface area contributed by atoms with Crippen molar-refractivity contribution in [2.45, 2.75) is 33.2 Å². The number of hydrogen-bond acceptors (Lipinski definition) is 4. The molecule has 24 heavy (non-hydrogen) atoms. The van der Waals surface area contributed by atoms with Crippen molar-refractivity contribution in [1.82, 2.24) is 15.3 Å². The molecule has 3 rings (SSSR count). The molecule has 6 nitrogen and oxygen atoms in total. The quantitative estimate of drug-likeness (QED) is 0.793. The zero-order valence-electron chi connectivity index (χ0n) is 13.6. The zero-order valence-corrected chi connectivity index (χ0v) is 13.6. The fraction of sp³-hybridized carbons (Fsp3) is 0.353. The van der Waals surface area contributed by atoms with Crippen molar-refractivity contribution < 1.29 is 9.18 Å². The van der Waals surface area contributed by atoms with E-state index >= 15 is 0 Å². The highest BCUT2D eigenvalue weighted by Crippen LogP contribution is 2.24. The summed E-state index contributed by atoms with van der Waals surface area (Å²) >= 11 is 0. The Morgan fingerprint density at radius 1 is 1.38 bits per heavy atom. The molecule has 1 aliphatic heterocycles. The van der Waals surface area contributed by atoms with Crippen LogP contribution in [0.1, 0.15) is 28.2 Å². The average molecular weight is 330 g/mol. The summed E-state index contributed by atoms with van der Waals surface area (Å²) in [5.41, 5.74) is 2.15. The average Bonchev–Trinajstić information content (AvgIpc) is 2.54. The molecule has 0 radical (unpaired) electrons. The lowest BCUT2D eigenvalue weighted by Gasteiger charge is -2.19. The van der Waals surface area contributed by atoms with Crippen molar-refractivity contribution in [3.8, 4) is 0 Å². The van der Waals surface area contributed by atoms with Gasteiger partial charge in [-0.15, -0.1) is 0 Å². The number of aromatic nitrogens is 2. The lowest BCUT2D eigenvalue weighted by molar-refractivity contribution is -0.115. The van der Waals surface area contributed by atoms with Crippen molar-refractivity contribution >= 4 is 11.6 Å². The molecule has 1 aliphatic rings. The Morgan fingerprint density at radius 3 is 2.92 bits per heavy atom. The van der Waals surface area contributed by atoms with E-state index in [0.29, 0.717) is 42.2 Å². The van der Waals surface area contributed by atoms with E-state index in [2.05, 4.69) is 20.6 Å². The van der Waals surface area contributed by atoms with Gasteiger partial charge in [0.25, 0.3) is 5.56 Å². The number of aryl methyl sites for hydroxylation is 2. The number of anilines is 1. The van der Waals surface area contributed by atoms with E-state index in [-0.39, 0.29) is 17.7 Å². The summed E-state index contributed by atoms with van der Waals surface area (Å²) in [5.74, 6) is -0.340. The SMILES string of the molecule is Cc1nc(C)c(CC(=O)Nc2ccc3c(c2F)CCNC3)c(=O)[nH]1. The van der Waals surface area contributed by atoms with Gasteiger partial charge in [0, 0.05) is 17.8 Å². The van der Waals surface area contributed by atoms with Gasteiger partial charge in [-0.25, -0.2) is 9.37 Å². The lowest BCUT2D eigenvalue weighted by Crippen LogP contribution is -2.26. The fourth-order valence-electron chi connectivity index (χ4n) is 2.94. The smallest absolute Gasteiger partial charge is 0.254 e. The number of H-pyrrole nitrogens is 1. The van der Waals surface area contributed by atoms with E-state index < -0.39 is 11.7 Å². The van der Waals surface area contributed by atoms with Gasteiger partial charge < -0.3 is 15.6 Å². The maximum atomic E-state index is 14.5. The first-order valence-corrected chi connectivity index (χ1v) is 7.83. The van der Waals surface area contributed by atoms with E-state index in [9.17, 15) is 14.0 Å². The molecule has 0 fully saturated rings. The molecule has 0 atom stereocenters. The number of halogens is 1. The van der Waals surface area contributed by atoms with Gasteiger partial charge in [-0.1, -0.05) is 6.07 Å². The minimum Gasteiger partial charge on any atom is -0.323 e. The lowest BCUT2D eigenvalue weighted by atomic mass is 9.99. The summed E-state index contributed by atoms with van der Waals surface area (Å²) in [4.78, 5) is 30.9. The first kappa shape index (κ1) is 16.3. The maximum Gasteiger partial charge on any atom is 0.254 e. The van der Waals surface area contributed by atoms with Crippen LogP contribution in [0.25, 0.3) is 0 Å². The Morgan fingerprint density at radius 2 is 2.17 bits per heavy atom. The van der Waals surface area contributed by atoms with Crippen molar-refractivity contribution in [3.05, 3.63) is 56.5 Å². The Kier molecular flexibility index (Phi) is 4.44. The van der Waals surface area contributed by atoms with Gasteiger partial charge in [-0.3, -0.25) is 9.59 Å².